The average molecular weight is 353 g/mol. The van der Waals surface area contributed by atoms with E-state index in [1.807, 2.05) is 29.2 Å². The predicted molar refractivity (Wildman–Crippen MR) is 96.5 cm³/mol. The maximum absolute atomic E-state index is 12.8. The number of carbonyl (C=O) groups excluding carboxylic acids is 1. The van der Waals surface area contributed by atoms with E-state index in [2.05, 4.69) is 9.97 Å². The molecule has 2 aliphatic rings. The molecule has 1 aromatic heterocycles. The van der Waals surface area contributed by atoms with Crippen LogP contribution >= 0.6 is 0 Å². The lowest BCUT2D eigenvalue weighted by atomic mass is 9.82. The van der Waals surface area contributed by atoms with E-state index in [4.69, 9.17) is 4.74 Å². The summed E-state index contributed by atoms with van der Waals surface area (Å²) in [4.78, 5) is 22.7. The monoisotopic (exact) mass is 353 g/mol. The van der Waals surface area contributed by atoms with E-state index < -0.39 is 11.7 Å². The first-order chi connectivity index (χ1) is 12.7. The minimum Gasteiger partial charge on any atom is -0.390 e. The van der Waals surface area contributed by atoms with Gasteiger partial charge in [0.25, 0.3) is 5.91 Å². The largest absolute Gasteiger partial charge is 0.390 e. The van der Waals surface area contributed by atoms with Crippen LogP contribution in [-0.4, -0.2) is 57.3 Å². The van der Waals surface area contributed by atoms with Crippen LogP contribution in [0.25, 0.3) is 11.1 Å². The zero-order chi connectivity index (χ0) is 18.0. The van der Waals surface area contributed by atoms with Crippen LogP contribution in [0.5, 0.6) is 0 Å². The van der Waals surface area contributed by atoms with Gasteiger partial charge in [0.05, 0.1) is 11.7 Å². The fourth-order valence-corrected chi connectivity index (χ4v) is 3.91. The zero-order valence-electron chi connectivity index (χ0n) is 14.7. The second-order valence-corrected chi connectivity index (χ2v) is 7.07. The molecule has 2 saturated heterocycles. The van der Waals surface area contributed by atoms with Crippen molar-refractivity contribution in [3.05, 3.63) is 48.5 Å². The van der Waals surface area contributed by atoms with Crippen LogP contribution in [0.2, 0.25) is 0 Å². The lowest BCUT2D eigenvalue weighted by molar-refractivity contribution is -0.174. The molecule has 1 spiro atoms. The quantitative estimate of drug-likeness (QED) is 0.896. The summed E-state index contributed by atoms with van der Waals surface area (Å²) in [5, 5.41) is 10.3. The predicted octanol–water partition coefficient (Wildman–Crippen LogP) is 2.29. The van der Waals surface area contributed by atoms with Crippen LogP contribution in [0, 0.1) is 0 Å². The second-order valence-electron chi connectivity index (χ2n) is 7.07. The Kier molecular flexibility index (Phi) is 4.70. The van der Waals surface area contributed by atoms with E-state index in [-0.39, 0.29) is 5.91 Å². The highest BCUT2D eigenvalue weighted by Crippen LogP contribution is 2.35. The Bertz CT molecular complexity index is 756. The third-order valence-corrected chi connectivity index (χ3v) is 5.54. The van der Waals surface area contributed by atoms with E-state index in [0.717, 1.165) is 24.0 Å². The summed E-state index contributed by atoms with van der Waals surface area (Å²) in [7, 11) is 0. The van der Waals surface area contributed by atoms with Gasteiger partial charge in [-0.25, -0.2) is 9.97 Å². The number of carbonyl (C=O) groups is 1. The van der Waals surface area contributed by atoms with Gasteiger partial charge in [-0.2, -0.15) is 0 Å². The minimum atomic E-state index is -0.452. The number of likely N-dealkylation sites (tertiary alicyclic amines) is 1. The van der Waals surface area contributed by atoms with Crippen LogP contribution in [-0.2, 0) is 4.74 Å². The van der Waals surface area contributed by atoms with Gasteiger partial charge >= 0.3 is 0 Å². The molecule has 0 saturated carbocycles. The fraction of sp³-hybridized carbons (Fsp3) is 0.450. The molecule has 2 aromatic rings. The van der Waals surface area contributed by atoms with Gasteiger partial charge in [-0.05, 0) is 43.4 Å². The van der Waals surface area contributed by atoms with Gasteiger partial charge in [-0.1, -0.05) is 12.1 Å². The molecule has 4 rings (SSSR count). The topological polar surface area (TPSA) is 75.6 Å². The Morgan fingerprint density at radius 1 is 1.12 bits per heavy atom. The third kappa shape index (κ3) is 3.22. The Hall–Kier alpha value is -2.31. The maximum atomic E-state index is 12.8. The highest BCUT2D eigenvalue weighted by Gasteiger charge is 2.44. The molecule has 1 aromatic carbocycles. The summed E-state index contributed by atoms with van der Waals surface area (Å²) in [6, 6.07) is 7.54. The van der Waals surface area contributed by atoms with Crippen molar-refractivity contribution in [3.63, 3.8) is 0 Å². The molecule has 3 heterocycles. The Morgan fingerprint density at radius 2 is 1.81 bits per heavy atom. The van der Waals surface area contributed by atoms with Gasteiger partial charge in [-0.3, -0.25) is 4.79 Å². The molecule has 1 atom stereocenters. The number of aliphatic hydroxyl groups excluding tert-OH is 1. The Morgan fingerprint density at radius 3 is 2.46 bits per heavy atom. The van der Waals surface area contributed by atoms with Crippen LogP contribution in [0.4, 0.5) is 0 Å². The van der Waals surface area contributed by atoms with E-state index in [9.17, 15) is 9.90 Å². The van der Waals surface area contributed by atoms with Crippen molar-refractivity contribution >= 4 is 5.91 Å². The SMILES string of the molecule is O=C(c1ccc(-c2cncnc2)cc1)N1CCC2(CC1)OCCC[C@@H]2O. The van der Waals surface area contributed by atoms with Gasteiger partial charge in [0.15, 0.2) is 0 Å². The number of piperidine rings is 1. The number of amides is 1. The molecular formula is C20H23N3O3. The molecule has 1 amide bonds. The lowest BCUT2D eigenvalue weighted by Crippen LogP contribution is -2.56. The molecular weight excluding hydrogens is 330 g/mol. The standard InChI is InChI=1S/C20H23N3O3/c24-18-2-1-11-26-20(18)7-9-23(10-8-20)19(25)16-5-3-15(4-6-16)17-12-21-14-22-13-17/h3-6,12-14,18,24H,1-2,7-11H2/t18-/m0/s1. The lowest BCUT2D eigenvalue weighted by Gasteiger charge is -2.46. The molecule has 0 bridgehead atoms. The van der Waals surface area contributed by atoms with E-state index in [1.54, 1.807) is 12.4 Å². The summed E-state index contributed by atoms with van der Waals surface area (Å²) in [6.07, 6.45) is 7.67. The molecule has 6 nitrogen and oxygen atoms in total. The van der Waals surface area contributed by atoms with E-state index >= 15 is 0 Å². The van der Waals surface area contributed by atoms with E-state index in [0.29, 0.717) is 38.1 Å². The molecule has 2 aliphatic heterocycles. The highest BCUT2D eigenvalue weighted by atomic mass is 16.5. The number of rotatable bonds is 2. The highest BCUT2D eigenvalue weighted by molar-refractivity contribution is 5.94. The van der Waals surface area contributed by atoms with Crippen molar-refractivity contribution in [3.8, 4) is 11.1 Å². The summed E-state index contributed by atoms with van der Waals surface area (Å²) in [6.45, 7) is 1.93. The first kappa shape index (κ1) is 17.1. The normalized spacial score (nSPS) is 22.3. The first-order valence-corrected chi connectivity index (χ1v) is 9.15. The van der Waals surface area contributed by atoms with Gasteiger partial charge in [0.2, 0.25) is 0 Å². The van der Waals surface area contributed by atoms with Gasteiger partial charge in [0.1, 0.15) is 6.33 Å². The van der Waals surface area contributed by atoms with Gasteiger partial charge in [0, 0.05) is 43.2 Å². The minimum absolute atomic E-state index is 0.0287. The summed E-state index contributed by atoms with van der Waals surface area (Å²) in [5.74, 6) is 0.0287. The molecule has 136 valence electrons. The van der Waals surface area contributed by atoms with Crippen molar-refractivity contribution in [1.82, 2.24) is 14.9 Å². The first-order valence-electron chi connectivity index (χ1n) is 9.15. The molecule has 0 unspecified atom stereocenters. The molecule has 2 fully saturated rings. The van der Waals surface area contributed by atoms with Crippen LogP contribution in [0.1, 0.15) is 36.0 Å². The smallest absolute Gasteiger partial charge is 0.253 e. The third-order valence-electron chi connectivity index (χ3n) is 5.54. The van der Waals surface area contributed by atoms with Gasteiger partial charge in [-0.15, -0.1) is 0 Å². The summed E-state index contributed by atoms with van der Waals surface area (Å²) >= 11 is 0. The number of benzene rings is 1. The van der Waals surface area contributed by atoms with Crippen molar-refractivity contribution in [2.75, 3.05) is 19.7 Å². The van der Waals surface area contributed by atoms with Gasteiger partial charge < -0.3 is 14.7 Å². The van der Waals surface area contributed by atoms with Crippen LogP contribution < -0.4 is 0 Å². The Balaban J connectivity index is 1.42. The number of ether oxygens (including phenoxy) is 1. The molecule has 26 heavy (non-hydrogen) atoms. The van der Waals surface area contributed by atoms with Crippen molar-refractivity contribution in [2.24, 2.45) is 0 Å². The molecule has 0 radical (unpaired) electrons. The average Bonchev–Trinajstić information content (AvgIpc) is 2.71. The Labute approximate surface area is 152 Å². The summed E-state index contributed by atoms with van der Waals surface area (Å²) in [5.41, 5.74) is 2.13. The second kappa shape index (κ2) is 7.13. The van der Waals surface area contributed by atoms with Crippen molar-refractivity contribution in [2.45, 2.75) is 37.4 Å². The fourth-order valence-electron chi connectivity index (χ4n) is 3.91. The number of nitrogens with zero attached hydrogens (tertiary/aromatic N) is 3. The zero-order valence-corrected chi connectivity index (χ0v) is 14.7. The van der Waals surface area contributed by atoms with Crippen LogP contribution in [0.3, 0.4) is 0 Å². The molecule has 6 heteroatoms. The van der Waals surface area contributed by atoms with E-state index in [1.165, 1.54) is 6.33 Å². The van der Waals surface area contributed by atoms with Crippen molar-refractivity contribution < 1.29 is 14.6 Å². The molecule has 0 aliphatic carbocycles. The number of aliphatic hydroxyl groups is 1. The summed E-state index contributed by atoms with van der Waals surface area (Å²) < 4.78 is 5.92. The number of aromatic nitrogens is 2. The molecule has 1 N–H and O–H groups in total. The van der Waals surface area contributed by atoms with Crippen molar-refractivity contribution in [1.29, 1.82) is 0 Å². The number of hydrogen-bond donors (Lipinski definition) is 1. The number of hydrogen-bond acceptors (Lipinski definition) is 5. The maximum Gasteiger partial charge on any atom is 0.253 e. The van der Waals surface area contributed by atoms with Crippen LogP contribution in [0.15, 0.2) is 43.0 Å².